The molecule has 0 aromatic rings. The molecule has 0 aromatic carbocycles. The Bertz CT molecular complexity index is 344. The van der Waals surface area contributed by atoms with Crippen LogP contribution >= 0.6 is 12.4 Å². The van der Waals surface area contributed by atoms with E-state index in [1.54, 1.807) is 0 Å². The summed E-state index contributed by atoms with van der Waals surface area (Å²) in [6, 6.07) is -0.372. The molecule has 6 heteroatoms. The summed E-state index contributed by atoms with van der Waals surface area (Å²) in [7, 11) is 0. The number of aliphatic hydroxyl groups is 1. The molecule has 2 rings (SSSR count). The molecule has 5 nitrogen and oxygen atoms in total. The van der Waals surface area contributed by atoms with Gasteiger partial charge in [0.05, 0.1) is 18.2 Å². The van der Waals surface area contributed by atoms with Crippen LogP contribution in [0.25, 0.3) is 0 Å². The number of likely N-dealkylation sites (tertiary alicyclic amines) is 1. The average Bonchev–Trinajstić information content (AvgIpc) is 2.47. The summed E-state index contributed by atoms with van der Waals surface area (Å²) in [4.78, 5) is 14.1. The zero-order valence-electron chi connectivity index (χ0n) is 13.1. The van der Waals surface area contributed by atoms with E-state index in [1.165, 1.54) is 0 Å². The normalized spacial score (nSPS) is 28.7. The number of nitrogens with zero attached hydrogens (tertiary/aromatic N) is 1. The molecule has 2 aliphatic rings. The number of nitrogens with two attached hydrogens (primary N) is 1. The van der Waals surface area contributed by atoms with E-state index < -0.39 is 0 Å². The van der Waals surface area contributed by atoms with E-state index in [0.29, 0.717) is 19.7 Å². The average molecular weight is 321 g/mol. The molecule has 0 aromatic heterocycles. The first-order valence-corrected chi connectivity index (χ1v) is 7.89. The third kappa shape index (κ3) is 3.52. The third-order valence-electron chi connectivity index (χ3n) is 5.03. The fourth-order valence-corrected chi connectivity index (χ4v) is 3.63. The molecule has 1 heterocycles. The van der Waals surface area contributed by atoms with Crippen molar-refractivity contribution in [3.05, 3.63) is 0 Å². The molecule has 0 bridgehead atoms. The molecule has 1 spiro atoms. The van der Waals surface area contributed by atoms with Gasteiger partial charge in [-0.05, 0) is 26.2 Å². The largest absolute Gasteiger partial charge is 0.392 e. The van der Waals surface area contributed by atoms with Crippen LogP contribution in [0.4, 0.5) is 0 Å². The highest BCUT2D eigenvalue weighted by molar-refractivity contribution is 5.85. The number of carbonyl (C=O) groups is 1. The van der Waals surface area contributed by atoms with E-state index in [2.05, 4.69) is 0 Å². The fourth-order valence-electron chi connectivity index (χ4n) is 3.63. The second kappa shape index (κ2) is 7.77. The number of hydrogen-bond acceptors (Lipinski definition) is 4. The second-order valence-corrected chi connectivity index (χ2v) is 6.15. The minimum Gasteiger partial charge on any atom is -0.392 e. The first-order chi connectivity index (χ1) is 9.55. The molecule has 0 radical (unpaired) electrons. The lowest BCUT2D eigenvalue weighted by Gasteiger charge is -2.56. The second-order valence-electron chi connectivity index (χ2n) is 6.15. The Labute approximate surface area is 133 Å². The predicted molar refractivity (Wildman–Crippen MR) is 84.4 cm³/mol. The lowest BCUT2D eigenvalue weighted by Crippen LogP contribution is -2.63. The highest BCUT2D eigenvalue weighted by atomic mass is 35.5. The maximum Gasteiger partial charge on any atom is 0.239 e. The first-order valence-electron chi connectivity index (χ1n) is 7.89. The molecular weight excluding hydrogens is 292 g/mol. The Morgan fingerprint density at radius 3 is 2.52 bits per heavy atom. The van der Waals surface area contributed by atoms with E-state index in [1.807, 2.05) is 18.7 Å². The maximum atomic E-state index is 12.2. The lowest BCUT2D eigenvalue weighted by molar-refractivity contribution is -0.210. The van der Waals surface area contributed by atoms with Crippen molar-refractivity contribution in [2.75, 3.05) is 19.7 Å². The lowest BCUT2D eigenvalue weighted by atomic mass is 9.58. The summed E-state index contributed by atoms with van der Waals surface area (Å²) in [5, 5.41) is 10.1. The van der Waals surface area contributed by atoms with Crippen LogP contribution in [0.1, 0.15) is 46.0 Å². The molecule has 1 saturated heterocycles. The number of hydrogen-bond donors (Lipinski definition) is 2. The number of piperidine rings is 1. The van der Waals surface area contributed by atoms with Crippen molar-refractivity contribution in [3.63, 3.8) is 0 Å². The summed E-state index contributed by atoms with van der Waals surface area (Å²) in [6.45, 7) is 6.09. The molecule has 124 valence electrons. The van der Waals surface area contributed by atoms with Crippen LogP contribution in [0, 0.1) is 5.41 Å². The first kappa shape index (κ1) is 18.7. The Balaban J connectivity index is 0.00000220. The zero-order chi connectivity index (χ0) is 14.8. The topological polar surface area (TPSA) is 75.8 Å². The Morgan fingerprint density at radius 2 is 2.05 bits per heavy atom. The van der Waals surface area contributed by atoms with E-state index in [-0.39, 0.29) is 42.0 Å². The van der Waals surface area contributed by atoms with Crippen molar-refractivity contribution < 1.29 is 14.6 Å². The van der Waals surface area contributed by atoms with Gasteiger partial charge in [-0.2, -0.15) is 0 Å². The number of halogens is 1. The van der Waals surface area contributed by atoms with Crippen LogP contribution in [-0.2, 0) is 9.53 Å². The summed E-state index contributed by atoms with van der Waals surface area (Å²) in [5.74, 6) is 0.0588. The Kier molecular flexibility index (Phi) is 6.91. The van der Waals surface area contributed by atoms with Gasteiger partial charge in [-0.15, -0.1) is 12.4 Å². The monoisotopic (exact) mass is 320 g/mol. The van der Waals surface area contributed by atoms with Gasteiger partial charge in [-0.25, -0.2) is 0 Å². The number of carbonyl (C=O) groups excluding carboxylic acids is 1. The summed E-state index contributed by atoms with van der Waals surface area (Å²) >= 11 is 0. The minimum atomic E-state index is -0.372. The van der Waals surface area contributed by atoms with Gasteiger partial charge < -0.3 is 20.5 Å². The minimum absolute atomic E-state index is 0. The molecular formula is C15H29ClN2O3. The Hall–Kier alpha value is -0.360. The molecule has 1 aliphatic carbocycles. The van der Waals surface area contributed by atoms with Crippen molar-refractivity contribution in [2.45, 2.75) is 64.2 Å². The number of ether oxygens (including phenoxy) is 1. The van der Waals surface area contributed by atoms with E-state index in [4.69, 9.17) is 10.5 Å². The number of aliphatic hydroxyl groups excluding tert-OH is 1. The van der Waals surface area contributed by atoms with Crippen LogP contribution in [0.5, 0.6) is 0 Å². The van der Waals surface area contributed by atoms with Crippen molar-refractivity contribution in [1.82, 2.24) is 4.90 Å². The molecule has 21 heavy (non-hydrogen) atoms. The fraction of sp³-hybridized carbons (Fsp3) is 0.933. The highest BCUT2D eigenvalue weighted by Crippen LogP contribution is 2.50. The Morgan fingerprint density at radius 1 is 1.43 bits per heavy atom. The molecule has 1 saturated carbocycles. The van der Waals surface area contributed by atoms with Crippen LogP contribution in [-0.4, -0.2) is 53.9 Å². The van der Waals surface area contributed by atoms with Crippen LogP contribution in [0.15, 0.2) is 0 Å². The highest BCUT2D eigenvalue weighted by Gasteiger charge is 2.56. The third-order valence-corrected chi connectivity index (χ3v) is 5.03. The maximum absolute atomic E-state index is 12.2. The van der Waals surface area contributed by atoms with Crippen molar-refractivity contribution in [1.29, 1.82) is 0 Å². The van der Waals surface area contributed by atoms with Gasteiger partial charge in [-0.3, -0.25) is 4.79 Å². The number of rotatable bonds is 5. The molecule has 1 amide bonds. The van der Waals surface area contributed by atoms with Crippen molar-refractivity contribution >= 4 is 18.3 Å². The molecule has 3 atom stereocenters. The summed E-state index contributed by atoms with van der Waals surface area (Å²) < 4.78 is 5.74. The van der Waals surface area contributed by atoms with Crippen molar-refractivity contribution in [2.24, 2.45) is 11.1 Å². The quantitative estimate of drug-likeness (QED) is 0.801. The van der Waals surface area contributed by atoms with Crippen LogP contribution in [0.2, 0.25) is 0 Å². The zero-order valence-corrected chi connectivity index (χ0v) is 13.9. The number of amides is 1. The smallest absolute Gasteiger partial charge is 0.239 e. The SMILES string of the molecule is CCCC(N)C(=O)N1CCC2(CC1)C(O)CC2OCC.Cl. The van der Waals surface area contributed by atoms with Gasteiger partial charge in [0.25, 0.3) is 0 Å². The van der Waals surface area contributed by atoms with Gasteiger partial charge in [0, 0.05) is 31.5 Å². The molecule has 3 N–H and O–H groups in total. The molecule has 3 unspecified atom stereocenters. The van der Waals surface area contributed by atoms with E-state index >= 15 is 0 Å². The standard InChI is InChI=1S/C15H28N2O3.ClH/c1-3-5-11(16)14(19)17-8-6-15(7-9-17)12(18)10-13(15)20-4-2;/h11-13,18H,3-10,16H2,1-2H3;1H. The van der Waals surface area contributed by atoms with E-state index in [0.717, 1.165) is 32.1 Å². The van der Waals surface area contributed by atoms with E-state index in [9.17, 15) is 9.90 Å². The van der Waals surface area contributed by atoms with Gasteiger partial charge in [0.1, 0.15) is 0 Å². The predicted octanol–water partition coefficient (Wildman–Crippen LogP) is 1.31. The van der Waals surface area contributed by atoms with Gasteiger partial charge >= 0.3 is 0 Å². The van der Waals surface area contributed by atoms with Crippen molar-refractivity contribution in [3.8, 4) is 0 Å². The van der Waals surface area contributed by atoms with Gasteiger partial charge in [-0.1, -0.05) is 13.3 Å². The molecule has 1 aliphatic heterocycles. The summed E-state index contributed by atoms with van der Waals surface area (Å²) in [6.07, 6.45) is 3.93. The van der Waals surface area contributed by atoms with Crippen LogP contribution in [0.3, 0.4) is 0 Å². The van der Waals surface area contributed by atoms with Gasteiger partial charge in [0.15, 0.2) is 0 Å². The summed E-state index contributed by atoms with van der Waals surface area (Å²) in [5.41, 5.74) is 5.79. The van der Waals surface area contributed by atoms with Crippen LogP contribution < -0.4 is 5.73 Å². The molecule has 2 fully saturated rings. The van der Waals surface area contributed by atoms with Gasteiger partial charge in [0.2, 0.25) is 5.91 Å².